The lowest BCUT2D eigenvalue weighted by Crippen LogP contribution is -1.99. The van der Waals surface area contributed by atoms with Crippen LogP contribution in [-0.4, -0.2) is 4.57 Å². The second-order valence-electron chi connectivity index (χ2n) is 4.47. The molecular weight excluding hydrogens is 324 g/mol. The molecule has 0 atom stereocenters. The van der Waals surface area contributed by atoms with Crippen molar-refractivity contribution in [3.05, 3.63) is 63.7 Å². The van der Waals surface area contributed by atoms with Gasteiger partial charge in [0.25, 0.3) is 0 Å². The Balaban J connectivity index is 2.08. The molecule has 0 aliphatic heterocycles. The third-order valence-electron chi connectivity index (χ3n) is 3.15. The predicted octanol–water partition coefficient (Wildman–Crippen LogP) is 4.69. The number of hydrogen-bond donors (Lipinski definition) is 1. The van der Waals surface area contributed by atoms with Crippen LogP contribution in [0.1, 0.15) is 5.56 Å². The van der Waals surface area contributed by atoms with Crippen molar-refractivity contribution in [2.24, 2.45) is 0 Å². The number of nitrogens with zero attached hydrogens (tertiary/aromatic N) is 1. The number of para-hydroxylation sites is 1. The molecule has 1 aromatic heterocycles. The van der Waals surface area contributed by atoms with Crippen LogP contribution < -0.4 is 5.73 Å². The molecule has 3 aromatic rings. The Labute approximate surface area is 124 Å². The van der Waals surface area contributed by atoms with Crippen LogP contribution in [0.4, 0.5) is 5.69 Å². The fraction of sp³-hybridized carbons (Fsp3) is 0.0667. The van der Waals surface area contributed by atoms with Gasteiger partial charge in [-0.1, -0.05) is 29.8 Å². The zero-order valence-corrected chi connectivity index (χ0v) is 12.4. The smallest absolute Gasteiger partial charge is 0.0495 e. The van der Waals surface area contributed by atoms with Gasteiger partial charge >= 0.3 is 0 Å². The average molecular weight is 336 g/mol. The Hall–Kier alpha value is -1.45. The highest BCUT2D eigenvalue weighted by molar-refractivity contribution is 9.10. The molecule has 0 saturated carbocycles. The molecule has 96 valence electrons. The van der Waals surface area contributed by atoms with Gasteiger partial charge < -0.3 is 10.3 Å². The minimum absolute atomic E-state index is 0.704. The van der Waals surface area contributed by atoms with E-state index in [9.17, 15) is 0 Å². The van der Waals surface area contributed by atoms with E-state index in [1.165, 1.54) is 10.9 Å². The number of fused-ring (bicyclic) bond motifs is 1. The fourth-order valence-corrected chi connectivity index (χ4v) is 2.99. The van der Waals surface area contributed by atoms with E-state index in [0.29, 0.717) is 6.54 Å². The Bertz CT molecular complexity index is 749. The molecule has 2 aromatic carbocycles. The van der Waals surface area contributed by atoms with Crippen LogP contribution in [0.25, 0.3) is 10.9 Å². The summed E-state index contributed by atoms with van der Waals surface area (Å²) in [7, 11) is 0. The first-order valence-electron chi connectivity index (χ1n) is 5.92. The molecule has 0 radical (unpaired) electrons. The van der Waals surface area contributed by atoms with Crippen molar-refractivity contribution in [3.63, 3.8) is 0 Å². The molecule has 1 heterocycles. The summed E-state index contributed by atoms with van der Waals surface area (Å²) in [6.07, 6.45) is 2.07. The molecule has 0 bridgehead atoms. The maximum Gasteiger partial charge on any atom is 0.0495 e. The van der Waals surface area contributed by atoms with Crippen molar-refractivity contribution in [3.8, 4) is 0 Å². The van der Waals surface area contributed by atoms with Crippen LogP contribution in [0.3, 0.4) is 0 Å². The summed E-state index contributed by atoms with van der Waals surface area (Å²) in [5.41, 5.74) is 8.75. The topological polar surface area (TPSA) is 30.9 Å². The SMILES string of the molecule is Nc1ccc(Cl)c(Cn2cc(Br)c3ccccc32)c1. The lowest BCUT2D eigenvalue weighted by atomic mass is 10.2. The molecule has 0 saturated heterocycles. The maximum absolute atomic E-state index is 6.22. The second-order valence-corrected chi connectivity index (χ2v) is 5.73. The molecule has 0 aliphatic carbocycles. The van der Waals surface area contributed by atoms with Crippen LogP contribution in [-0.2, 0) is 6.54 Å². The lowest BCUT2D eigenvalue weighted by Gasteiger charge is -2.08. The van der Waals surface area contributed by atoms with Crippen LogP contribution in [0.2, 0.25) is 5.02 Å². The average Bonchev–Trinajstić information content (AvgIpc) is 2.72. The third kappa shape index (κ3) is 2.36. The molecule has 0 spiro atoms. The standard InChI is InChI=1S/C15H12BrClN2/c16-13-9-19(15-4-2-1-3-12(13)15)8-10-7-11(18)5-6-14(10)17/h1-7,9H,8,18H2. The number of hydrogen-bond acceptors (Lipinski definition) is 1. The molecule has 2 N–H and O–H groups in total. The van der Waals surface area contributed by atoms with Gasteiger partial charge in [0, 0.05) is 38.8 Å². The first-order chi connectivity index (χ1) is 9.15. The quantitative estimate of drug-likeness (QED) is 0.677. The summed E-state index contributed by atoms with van der Waals surface area (Å²) in [5.74, 6) is 0. The highest BCUT2D eigenvalue weighted by Crippen LogP contribution is 2.28. The van der Waals surface area contributed by atoms with Crippen molar-refractivity contribution in [1.82, 2.24) is 4.57 Å². The molecule has 0 unspecified atom stereocenters. The Morgan fingerprint density at radius 2 is 1.95 bits per heavy atom. The van der Waals surface area contributed by atoms with Gasteiger partial charge in [-0.3, -0.25) is 0 Å². The monoisotopic (exact) mass is 334 g/mol. The predicted molar refractivity (Wildman–Crippen MR) is 84.6 cm³/mol. The normalized spacial score (nSPS) is 11.1. The minimum Gasteiger partial charge on any atom is -0.399 e. The van der Waals surface area contributed by atoms with Crippen molar-refractivity contribution < 1.29 is 0 Å². The van der Waals surface area contributed by atoms with Gasteiger partial charge in [-0.15, -0.1) is 0 Å². The van der Waals surface area contributed by atoms with Gasteiger partial charge in [0.15, 0.2) is 0 Å². The number of halogens is 2. The summed E-state index contributed by atoms with van der Waals surface area (Å²) < 4.78 is 3.25. The molecule has 3 rings (SSSR count). The van der Waals surface area contributed by atoms with E-state index in [2.05, 4.69) is 38.8 Å². The summed E-state index contributed by atoms with van der Waals surface area (Å²) >= 11 is 9.81. The number of benzene rings is 2. The number of rotatable bonds is 2. The van der Waals surface area contributed by atoms with Gasteiger partial charge in [0.2, 0.25) is 0 Å². The number of nitrogens with two attached hydrogens (primary N) is 1. The van der Waals surface area contributed by atoms with Crippen molar-refractivity contribution in [1.29, 1.82) is 0 Å². The van der Waals surface area contributed by atoms with Gasteiger partial charge in [0.1, 0.15) is 0 Å². The van der Waals surface area contributed by atoms with Crippen LogP contribution >= 0.6 is 27.5 Å². The molecule has 2 nitrogen and oxygen atoms in total. The highest BCUT2D eigenvalue weighted by atomic mass is 79.9. The Kier molecular flexibility index (Phi) is 3.25. The van der Waals surface area contributed by atoms with E-state index in [1.54, 1.807) is 0 Å². The lowest BCUT2D eigenvalue weighted by molar-refractivity contribution is 0.836. The van der Waals surface area contributed by atoms with E-state index in [4.69, 9.17) is 17.3 Å². The number of aromatic nitrogens is 1. The molecule has 0 fully saturated rings. The fourth-order valence-electron chi connectivity index (χ4n) is 2.23. The van der Waals surface area contributed by atoms with Crippen molar-refractivity contribution in [2.45, 2.75) is 6.54 Å². The molecule has 0 aliphatic rings. The molecule has 0 amide bonds. The molecule has 19 heavy (non-hydrogen) atoms. The zero-order chi connectivity index (χ0) is 13.4. The summed E-state index contributed by atoms with van der Waals surface area (Å²) in [4.78, 5) is 0. The summed E-state index contributed by atoms with van der Waals surface area (Å²) in [5, 5.41) is 1.94. The first kappa shape index (κ1) is 12.6. The van der Waals surface area contributed by atoms with Crippen LogP contribution in [0.15, 0.2) is 53.1 Å². The molecular formula is C15H12BrClN2. The van der Waals surface area contributed by atoms with E-state index < -0.39 is 0 Å². The van der Waals surface area contributed by atoms with Gasteiger partial charge in [-0.25, -0.2) is 0 Å². The second kappa shape index (κ2) is 4.91. The largest absolute Gasteiger partial charge is 0.399 e. The van der Waals surface area contributed by atoms with E-state index >= 15 is 0 Å². The van der Waals surface area contributed by atoms with Crippen molar-refractivity contribution >= 4 is 44.1 Å². The summed E-state index contributed by atoms with van der Waals surface area (Å²) in [6.45, 7) is 0.704. The first-order valence-corrected chi connectivity index (χ1v) is 7.09. The third-order valence-corrected chi connectivity index (χ3v) is 4.15. The number of anilines is 1. The van der Waals surface area contributed by atoms with Crippen molar-refractivity contribution in [2.75, 3.05) is 5.73 Å². The van der Waals surface area contributed by atoms with E-state index in [-0.39, 0.29) is 0 Å². The zero-order valence-electron chi connectivity index (χ0n) is 10.1. The Morgan fingerprint density at radius 3 is 2.79 bits per heavy atom. The highest BCUT2D eigenvalue weighted by Gasteiger charge is 2.08. The van der Waals surface area contributed by atoms with Gasteiger partial charge in [-0.05, 0) is 45.8 Å². The van der Waals surface area contributed by atoms with Gasteiger partial charge in [0.05, 0.1) is 0 Å². The molecule has 4 heteroatoms. The minimum atomic E-state index is 0.704. The van der Waals surface area contributed by atoms with Crippen LogP contribution in [0, 0.1) is 0 Å². The maximum atomic E-state index is 6.22. The summed E-state index contributed by atoms with van der Waals surface area (Å²) in [6, 6.07) is 13.8. The number of nitrogen functional groups attached to an aromatic ring is 1. The van der Waals surface area contributed by atoms with Crippen LogP contribution in [0.5, 0.6) is 0 Å². The van der Waals surface area contributed by atoms with E-state index in [0.717, 1.165) is 20.7 Å². The van der Waals surface area contributed by atoms with E-state index in [1.807, 2.05) is 30.3 Å². The van der Waals surface area contributed by atoms with Gasteiger partial charge in [-0.2, -0.15) is 0 Å². The Morgan fingerprint density at radius 1 is 1.16 bits per heavy atom.